The van der Waals surface area contributed by atoms with E-state index in [0.29, 0.717) is 22.2 Å². The number of rotatable bonds is 3. The Morgan fingerprint density at radius 1 is 1.16 bits per heavy atom. The number of nitrogens with zero attached hydrogens (tertiary/aromatic N) is 3. The fraction of sp³-hybridized carbons (Fsp3) is 0.0556. The van der Waals surface area contributed by atoms with Crippen LogP contribution in [0.1, 0.15) is 16.2 Å². The molecule has 0 fully saturated rings. The average Bonchev–Trinajstić information content (AvgIpc) is 3.18. The molecule has 124 valence electrons. The molecule has 4 aromatic rings. The zero-order valence-corrected chi connectivity index (χ0v) is 14.0. The van der Waals surface area contributed by atoms with E-state index in [9.17, 15) is 9.18 Å². The lowest BCUT2D eigenvalue weighted by atomic mass is 10.2. The molecule has 3 heterocycles. The van der Waals surface area contributed by atoms with Gasteiger partial charge in [-0.2, -0.15) is 0 Å². The third-order valence-corrected chi connectivity index (χ3v) is 4.54. The number of aromatic nitrogens is 3. The van der Waals surface area contributed by atoms with Gasteiger partial charge in [-0.15, -0.1) is 11.3 Å². The second-order valence-electron chi connectivity index (χ2n) is 5.47. The van der Waals surface area contributed by atoms with Crippen molar-refractivity contribution in [2.45, 2.75) is 6.92 Å². The first kappa shape index (κ1) is 15.5. The van der Waals surface area contributed by atoms with Crippen LogP contribution in [0.2, 0.25) is 0 Å². The second kappa shape index (κ2) is 6.10. The zero-order valence-electron chi connectivity index (χ0n) is 13.2. The van der Waals surface area contributed by atoms with Gasteiger partial charge in [0.05, 0.1) is 11.4 Å². The van der Waals surface area contributed by atoms with Crippen LogP contribution in [0.15, 0.2) is 54.0 Å². The van der Waals surface area contributed by atoms with Gasteiger partial charge in [-0.25, -0.2) is 14.4 Å². The summed E-state index contributed by atoms with van der Waals surface area (Å²) in [6.07, 6.45) is 1.80. The van der Waals surface area contributed by atoms with E-state index in [1.165, 1.54) is 23.5 Å². The van der Waals surface area contributed by atoms with Crippen LogP contribution in [-0.2, 0) is 0 Å². The second-order valence-corrected chi connectivity index (χ2v) is 6.33. The van der Waals surface area contributed by atoms with Gasteiger partial charge >= 0.3 is 0 Å². The molecule has 0 unspecified atom stereocenters. The highest BCUT2D eigenvalue weighted by Gasteiger charge is 2.17. The zero-order chi connectivity index (χ0) is 17.4. The Balaban J connectivity index is 1.61. The number of hydrogen-bond donors (Lipinski definition) is 1. The molecule has 4 rings (SSSR count). The molecule has 25 heavy (non-hydrogen) atoms. The van der Waals surface area contributed by atoms with Gasteiger partial charge < -0.3 is 0 Å². The molecule has 1 aromatic carbocycles. The van der Waals surface area contributed by atoms with Crippen molar-refractivity contribution in [1.29, 1.82) is 0 Å². The number of fused-ring (bicyclic) bond motifs is 1. The van der Waals surface area contributed by atoms with Crippen LogP contribution in [0.25, 0.3) is 16.9 Å². The van der Waals surface area contributed by atoms with E-state index in [-0.39, 0.29) is 11.7 Å². The molecule has 0 aliphatic rings. The minimum Gasteiger partial charge on any atom is -0.296 e. The molecule has 0 aliphatic heterocycles. The number of amides is 1. The summed E-state index contributed by atoms with van der Waals surface area (Å²) >= 11 is 1.32. The number of benzene rings is 1. The standard InChI is InChI=1S/C18H13FN4OS/c1-11-16(23-9-3-2-4-15(23)20-11)17(24)22-18-21-14(10-25-18)12-5-7-13(19)8-6-12/h2-10H,1H3,(H,21,22,24). The Morgan fingerprint density at radius 3 is 2.76 bits per heavy atom. The van der Waals surface area contributed by atoms with Crippen LogP contribution in [0.5, 0.6) is 0 Å². The monoisotopic (exact) mass is 352 g/mol. The van der Waals surface area contributed by atoms with Crippen LogP contribution in [0.3, 0.4) is 0 Å². The molecule has 1 amide bonds. The topological polar surface area (TPSA) is 59.3 Å². The molecule has 0 saturated carbocycles. The summed E-state index contributed by atoms with van der Waals surface area (Å²) in [5.41, 5.74) is 3.34. The third kappa shape index (κ3) is 2.89. The van der Waals surface area contributed by atoms with E-state index in [4.69, 9.17) is 0 Å². The molecule has 5 nitrogen and oxygen atoms in total. The van der Waals surface area contributed by atoms with Crippen LogP contribution in [0, 0.1) is 12.7 Å². The maximum absolute atomic E-state index is 13.0. The number of thiazole rings is 1. The number of carbonyl (C=O) groups is 1. The van der Waals surface area contributed by atoms with E-state index >= 15 is 0 Å². The highest BCUT2D eigenvalue weighted by Crippen LogP contribution is 2.25. The molecule has 0 atom stereocenters. The summed E-state index contributed by atoms with van der Waals surface area (Å²) < 4.78 is 14.8. The van der Waals surface area contributed by atoms with Crippen molar-refractivity contribution in [2.24, 2.45) is 0 Å². The van der Waals surface area contributed by atoms with E-state index in [0.717, 1.165) is 11.2 Å². The normalized spacial score (nSPS) is 11.0. The Bertz CT molecular complexity index is 1070. The lowest BCUT2D eigenvalue weighted by Gasteiger charge is -2.03. The van der Waals surface area contributed by atoms with Crippen LogP contribution >= 0.6 is 11.3 Å². The molecule has 0 spiro atoms. The molecule has 0 radical (unpaired) electrons. The Labute approximate surface area is 146 Å². The highest BCUT2D eigenvalue weighted by atomic mass is 32.1. The summed E-state index contributed by atoms with van der Waals surface area (Å²) in [5, 5.41) is 5.12. The van der Waals surface area contributed by atoms with E-state index < -0.39 is 0 Å². The first-order valence-electron chi connectivity index (χ1n) is 7.58. The van der Waals surface area contributed by atoms with Crippen molar-refractivity contribution >= 4 is 28.0 Å². The number of hydrogen-bond acceptors (Lipinski definition) is 4. The van der Waals surface area contributed by atoms with Crippen molar-refractivity contribution in [3.05, 3.63) is 71.2 Å². The van der Waals surface area contributed by atoms with Gasteiger partial charge in [0, 0.05) is 17.1 Å². The molecular weight excluding hydrogens is 339 g/mol. The SMILES string of the molecule is Cc1nc2ccccn2c1C(=O)Nc1nc(-c2ccc(F)cc2)cs1. The Kier molecular flexibility index (Phi) is 3.77. The van der Waals surface area contributed by atoms with Crippen LogP contribution in [0.4, 0.5) is 9.52 Å². The number of imidazole rings is 1. The molecular formula is C18H13FN4OS. The summed E-state index contributed by atoms with van der Waals surface area (Å²) in [4.78, 5) is 21.4. The molecule has 0 bridgehead atoms. The van der Waals surface area contributed by atoms with Gasteiger partial charge in [0.1, 0.15) is 17.2 Å². The van der Waals surface area contributed by atoms with Crippen molar-refractivity contribution in [3.8, 4) is 11.3 Å². The Hall–Kier alpha value is -3.06. The van der Waals surface area contributed by atoms with Crippen molar-refractivity contribution < 1.29 is 9.18 Å². The smallest absolute Gasteiger partial charge is 0.276 e. The summed E-state index contributed by atoms with van der Waals surface area (Å²) in [6.45, 7) is 1.80. The molecule has 7 heteroatoms. The van der Waals surface area contributed by atoms with E-state index in [2.05, 4.69) is 15.3 Å². The minimum absolute atomic E-state index is 0.267. The number of nitrogens with one attached hydrogen (secondary N) is 1. The molecule has 1 N–H and O–H groups in total. The fourth-order valence-electron chi connectivity index (χ4n) is 2.63. The van der Waals surface area contributed by atoms with Gasteiger partial charge in [-0.05, 0) is 43.3 Å². The number of aryl methyl sites for hydroxylation is 1. The van der Waals surface area contributed by atoms with Gasteiger partial charge in [0.25, 0.3) is 5.91 Å². The quantitative estimate of drug-likeness (QED) is 0.602. The van der Waals surface area contributed by atoms with E-state index in [1.54, 1.807) is 29.7 Å². The average molecular weight is 352 g/mol. The predicted octanol–water partition coefficient (Wildman–Crippen LogP) is 4.16. The predicted molar refractivity (Wildman–Crippen MR) is 95.4 cm³/mol. The molecule has 3 aromatic heterocycles. The maximum atomic E-state index is 13.0. The van der Waals surface area contributed by atoms with Crippen molar-refractivity contribution in [1.82, 2.24) is 14.4 Å². The molecule has 0 saturated heterocycles. The van der Waals surface area contributed by atoms with Gasteiger partial charge in [-0.3, -0.25) is 14.5 Å². The summed E-state index contributed by atoms with van der Waals surface area (Å²) in [6, 6.07) is 11.7. The third-order valence-electron chi connectivity index (χ3n) is 3.78. The summed E-state index contributed by atoms with van der Waals surface area (Å²) in [7, 11) is 0. The molecule has 0 aliphatic carbocycles. The largest absolute Gasteiger partial charge is 0.296 e. The Morgan fingerprint density at radius 2 is 1.96 bits per heavy atom. The van der Waals surface area contributed by atoms with Gasteiger partial charge in [0.2, 0.25) is 0 Å². The van der Waals surface area contributed by atoms with Crippen molar-refractivity contribution in [3.63, 3.8) is 0 Å². The highest BCUT2D eigenvalue weighted by molar-refractivity contribution is 7.14. The van der Waals surface area contributed by atoms with Crippen LogP contribution < -0.4 is 5.32 Å². The number of anilines is 1. The minimum atomic E-state index is -0.296. The van der Waals surface area contributed by atoms with Gasteiger partial charge in [0.15, 0.2) is 5.13 Å². The number of pyridine rings is 1. The summed E-state index contributed by atoms with van der Waals surface area (Å²) in [5.74, 6) is -0.563. The van der Waals surface area contributed by atoms with E-state index in [1.807, 2.05) is 23.6 Å². The first-order valence-corrected chi connectivity index (χ1v) is 8.46. The van der Waals surface area contributed by atoms with Crippen molar-refractivity contribution in [2.75, 3.05) is 5.32 Å². The lowest BCUT2D eigenvalue weighted by molar-refractivity contribution is 0.102. The van der Waals surface area contributed by atoms with Crippen LogP contribution in [-0.4, -0.2) is 20.3 Å². The first-order chi connectivity index (χ1) is 12.1. The lowest BCUT2D eigenvalue weighted by Crippen LogP contribution is -2.15. The number of halogens is 1. The number of carbonyl (C=O) groups excluding carboxylic acids is 1. The maximum Gasteiger partial charge on any atom is 0.276 e. The van der Waals surface area contributed by atoms with Gasteiger partial charge in [-0.1, -0.05) is 6.07 Å². The fourth-order valence-corrected chi connectivity index (χ4v) is 3.34.